The summed E-state index contributed by atoms with van der Waals surface area (Å²) in [6.07, 6.45) is 7.07. The Morgan fingerprint density at radius 3 is 2.73 bits per heavy atom. The van der Waals surface area contributed by atoms with E-state index in [0.29, 0.717) is 17.5 Å². The van der Waals surface area contributed by atoms with Crippen LogP contribution >= 0.6 is 11.6 Å². The number of rotatable bonds is 1. The highest BCUT2D eigenvalue weighted by Crippen LogP contribution is 2.50. The summed E-state index contributed by atoms with van der Waals surface area (Å²) in [6, 6.07) is 8.02. The summed E-state index contributed by atoms with van der Waals surface area (Å²) in [6.45, 7) is 2.73. The average Bonchev–Trinajstić information content (AvgIpc) is 2.80. The third-order valence-corrected chi connectivity index (χ3v) is 5.57. The highest BCUT2D eigenvalue weighted by molar-refractivity contribution is 6.30. The second kappa shape index (κ2) is 5.10. The van der Waals surface area contributed by atoms with Crippen LogP contribution in [0.3, 0.4) is 0 Å². The molecule has 0 bridgehead atoms. The molecule has 1 aliphatic carbocycles. The van der Waals surface area contributed by atoms with Crippen LogP contribution in [-0.4, -0.2) is 23.5 Å². The monoisotopic (exact) mass is 317 g/mol. The van der Waals surface area contributed by atoms with Gasteiger partial charge in [0.2, 0.25) is 5.91 Å². The molecule has 116 valence electrons. The van der Waals surface area contributed by atoms with Crippen LogP contribution in [0.1, 0.15) is 31.7 Å². The highest BCUT2D eigenvalue weighted by atomic mass is 35.5. The molecule has 2 heterocycles. The van der Waals surface area contributed by atoms with Gasteiger partial charge < -0.3 is 9.64 Å². The van der Waals surface area contributed by atoms with E-state index in [1.807, 2.05) is 36.1 Å². The topological polar surface area (TPSA) is 29.5 Å². The van der Waals surface area contributed by atoms with E-state index in [1.54, 1.807) is 0 Å². The normalized spacial score (nSPS) is 37.1. The van der Waals surface area contributed by atoms with E-state index in [-0.39, 0.29) is 17.9 Å². The van der Waals surface area contributed by atoms with Crippen molar-refractivity contribution in [1.29, 1.82) is 0 Å². The van der Waals surface area contributed by atoms with Crippen molar-refractivity contribution in [2.24, 2.45) is 11.8 Å². The van der Waals surface area contributed by atoms with Crippen LogP contribution in [0.5, 0.6) is 0 Å². The molecule has 1 aromatic rings. The zero-order valence-electron chi connectivity index (χ0n) is 12.7. The Morgan fingerprint density at radius 2 is 1.95 bits per heavy atom. The van der Waals surface area contributed by atoms with Gasteiger partial charge in [-0.1, -0.05) is 42.8 Å². The summed E-state index contributed by atoms with van der Waals surface area (Å²) in [5.74, 6) is 0.639. The van der Waals surface area contributed by atoms with Crippen LogP contribution in [0.4, 0.5) is 0 Å². The van der Waals surface area contributed by atoms with Gasteiger partial charge in [0, 0.05) is 34.9 Å². The van der Waals surface area contributed by atoms with E-state index >= 15 is 0 Å². The lowest BCUT2D eigenvalue weighted by atomic mass is 9.84. The summed E-state index contributed by atoms with van der Waals surface area (Å²) >= 11 is 6.03. The van der Waals surface area contributed by atoms with Crippen LogP contribution in [0.2, 0.25) is 5.02 Å². The number of allylic oxidation sites excluding steroid dienone is 1. The zero-order valence-corrected chi connectivity index (χ0v) is 13.4. The SMILES string of the molecule is C[C@@H]1C[C@@]2(c3ccc(Cl)cc3)OC[C@@H]3CC=CC[C@@H]3N2C1=O. The number of nitrogens with zero attached hydrogens (tertiary/aromatic N) is 1. The number of ether oxygens (including phenoxy) is 1. The summed E-state index contributed by atoms with van der Waals surface area (Å²) < 4.78 is 6.35. The van der Waals surface area contributed by atoms with Gasteiger partial charge in [-0.25, -0.2) is 0 Å². The molecule has 0 N–H and O–H groups in total. The van der Waals surface area contributed by atoms with E-state index in [2.05, 4.69) is 12.2 Å². The lowest BCUT2D eigenvalue weighted by Gasteiger charge is -2.51. The zero-order chi connectivity index (χ0) is 15.3. The largest absolute Gasteiger partial charge is 0.351 e. The van der Waals surface area contributed by atoms with Gasteiger partial charge in [-0.2, -0.15) is 0 Å². The van der Waals surface area contributed by atoms with Gasteiger partial charge in [0.15, 0.2) is 5.72 Å². The standard InChI is InChI=1S/C18H20ClNO2/c1-12-10-18(14-6-8-15(19)9-7-14)20(17(12)21)16-5-3-2-4-13(16)11-22-18/h2-3,6-9,12-13,16H,4-5,10-11H2,1H3/t12-,13+,16+,18+/m1/s1. The second-order valence-electron chi connectivity index (χ2n) is 6.69. The lowest BCUT2D eigenvalue weighted by molar-refractivity contribution is -0.216. The van der Waals surface area contributed by atoms with Crippen LogP contribution in [0.25, 0.3) is 0 Å². The van der Waals surface area contributed by atoms with Crippen molar-refractivity contribution < 1.29 is 9.53 Å². The number of fused-ring (bicyclic) bond motifs is 3. The quantitative estimate of drug-likeness (QED) is 0.739. The third kappa shape index (κ3) is 1.95. The van der Waals surface area contributed by atoms with E-state index in [0.717, 1.165) is 24.8 Å². The molecular weight excluding hydrogens is 298 g/mol. The molecule has 0 radical (unpaired) electrons. The van der Waals surface area contributed by atoms with Gasteiger partial charge in [0.05, 0.1) is 6.61 Å². The van der Waals surface area contributed by atoms with E-state index in [1.165, 1.54) is 0 Å². The summed E-state index contributed by atoms with van der Waals surface area (Å²) in [5, 5.41) is 0.707. The molecule has 0 saturated carbocycles. The number of halogens is 1. The highest BCUT2D eigenvalue weighted by Gasteiger charge is 2.57. The Bertz CT molecular complexity index is 626. The van der Waals surface area contributed by atoms with Gasteiger partial charge in [0.1, 0.15) is 0 Å². The van der Waals surface area contributed by atoms with Gasteiger partial charge >= 0.3 is 0 Å². The predicted molar refractivity (Wildman–Crippen MR) is 85.4 cm³/mol. The molecule has 0 spiro atoms. The lowest BCUT2D eigenvalue weighted by Crippen LogP contribution is -2.59. The Kier molecular flexibility index (Phi) is 3.31. The molecule has 2 aliphatic heterocycles. The predicted octanol–water partition coefficient (Wildman–Crippen LogP) is 3.73. The van der Waals surface area contributed by atoms with Crippen molar-refractivity contribution in [3.8, 4) is 0 Å². The average molecular weight is 318 g/mol. The van der Waals surface area contributed by atoms with Crippen LogP contribution < -0.4 is 0 Å². The van der Waals surface area contributed by atoms with Gasteiger partial charge in [0.25, 0.3) is 0 Å². The minimum absolute atomic E-state index is 0.000309. The Morgan fingerprint density at radius 1 is 1.23 bits per heavy atom. The molecule has 0 aromatic heterocycles. The molecule has 0 unspecified atom stereocenters. The maximum absolute atomic E-state index is 12.8. The fraction of sp³-hybridized carbons (Fsp3) is 0.500. The Labute approximate surface area is 135 Å². The smallest absolute Gasteiger partial charge is 0.228 e. The maximum Gasteiger partial charge on any atom is 0.228 e. The fourth-order valence-electron chi connectivity index (χ4n) is 4.22. The van der Waals surface area contributed by atoms with Crippen molar-refractivity contribution in [3.05, 3.63) is 47.0 Å². The molecule has 1 aromatic carbocycles. The first-order chi connectivity index (χ1) is 10.6. The van der Waals surface area contributed by atoms with Crippen molar-refractivity contribution >= 4 is 17.5 Å². The van der Waals surface area contributed by atoms with E-state index in [9.17, 15) is 4.79 Å². The second-order valence-corrected chi connectivity index (χ2v) is 7.12. The number of benzene rings is 1. The molecule has 4 heteroatoms. The van der Waals surface area contributed by atoms with Gasteiger partial charge in [-0.15, -0.1) is 0 Å². The number of hydrogen-bond acceptors (Lipinski definition) is 2. The van der Waals surface area contributed by atoms with E-state index < -0.39 is 5.72 Å². The van der Waals surface area contributed by atoms with E-state index in [4.69, 9.17) is 16.3 Å². The summed E-state index contributed by atoms with van der Waals surface area (Å²) in [4.78, 5) is 14.9. The number of carbonyl (C=O) groups excluding carboxylic acids is 1. The fourth-order valence-corrected chi connectivity index (χ4v) is 4.35. The van der Waals surface area contributed by atoms with Crippen molar-refractivity contribution in [2.45, 2.75) is 38.0 Å². The number of carbonyl (C=O) groups is 1. The Balaban J connectivity index is 1.80. The van der Waals surface area contributed by atoms with Crippen molar-refractivity contribution in [2.75, 3.05) is 6.61 Å². The van der Waals surface area contributed by atoms with Crippen LogP contribution in [0, 0.1) is 11.8 Å². The summed E-state index contributed by atoms with van der Waals surface area (Å²) in [7, 11) is 0. The number of hydrogen-bond donors (Lipinski definition) is 0. The molecule has 22 heavy (non-hydrogen) atoms. The van der Waals surface area contributed by atoms with Gasteiger partial charge in [-0.05, 0) is 25.0 Å². The molecule has 3 nitrogen and oxygen atoms in total. The molecule has 4 rings (SSSR count). The van der Waals surface area contributed by atoms with Gasteiger partial charge in [-0.3, -0.25) is 4.79 Å². The first kappa shape index (κ1) is 14.3. The molecule has 2 fully saturated rings. The molecular formula is C18H20ClNO2. The number of amides is 1. The molecule has 3 aliphatic rings. The first-order valence-corrected chi connectivity index (χ1v) is 8.38. The minimum Gasteiger partial charge on any atom is -0.351 e. The van der Waals surface area contributed by atoms with Crippen molar-refractivity contribution in [3.63, 3.8) is 0 Å². The molecule has 2 saturated heterocycles. The Hall–Kier alpha value is -1.32. The molecule has 4 atom stereocenters. The van der Waals surface area contributed by atoms with Crippen molar-refractivity contribution in [1.82, 2.24) is 4.90 Å². The van der Waals surface area contributed by atoms with Crippen LogP contribution in [0.15, 0.2) is 36.4 Å². The van der Waals surface area contributed by atoms with Crippen LogP contribution in [-0.2, 0) is 15.3 Å². The minimum atomic E-state index is -0.604. The first-order valence-electron chi connectivity index (χ1n) is 8.00. The third-order valence-electron chi connectivity index (χ3n) is 5.32. The maximum atomic E-state index is 12.8. The summed E-state index contributed by atoms with van der Waals surface area (Å²) in [5.41, 5.74) is 0.440. The molecule has 1 amide bonds.